The summed E-state index contributed by atoms with van der Waals surface area (Å²) < 4.78 is 1.35. The Labute approximate surface area is 154 Å². The van der Waals surface area contributed by atoms with Gasteiger partial charge in [-0.25, -0.2) is 0 Å². The Hall–Kier alpha value is -1.88. The first-order chi connectivity index (χ1) is 12.2. The highest BCUT2D eigenvalue weighted by molar-refractivity contribution is 7.19. The molecule has 1 fully saturated rings. The predicted octanol–water partition coefficient (Wildman–Crippen LogP) is 1.56. The van der Waals surface area contributed by atoms with Crippen LogP contribution < -0.4 is 10.9 Å². The van der Waals surface area contributed by atoms with E-state index in [-0.39, 0.29) is 10.7 Å². The number of hydrogen-bond acceptors (Lipinski definition) is 4. The van der Waals surface area contributed by atoms with Crippen LogP contribution in [0.15, 0.2) is 41.0 Å². The van der Waals surface area contributed by atoms with Crippen LogP contribution in [0.2, 0.25) is 0 Å². The van der Waals surface area contributed by atoms with E-state index in [1.807, 2.05) is 12.1 Å². The van der Waals surface area contributed by atoms with E-state index >= 15 is 0 Å². The van der Waals surface area contributed by atoms with Crippen LogP contribution in [-0.2, 0) is 12.2 Å². The smallest absolute Gasteiger partial charge is 0.269 e. The lowest BCUT2D eigenvalue weighted by atomic mass is 9.66. The van der Waals surface area contributed by atoms with Crippen LogP contribution in [0.4, 0.5) is 5.69 Å². The van der Waals surface area contributed by atoms with E-state index in [0.29, 0.717) is 5.56 Å². The summed E-state index contributed by atoms with van der Waals surface area (Å²) in [7, 11) is 4.48. The molecule has 0 radical (unpaired) electrons. The Morgan fingerprint density at radius 2 is 2.00 bits per heavy atom. The van der Waals surface area contributed by atoms with Crippen molar-refractivity contribution in [1.82, 2.24) is 9.78 Å². The van der Waals surface area contributed by atoms with Crippen molar-refractivity contribution in [1.29, 1.82) is 0 Å². The maximum Gasteiger partial charge on any atom is 0.269 e. The van der Waals surface area contributed by atoms with Crippen LogP contribution in [0.1, 0.15) is 29.5 Å². The quantitative estimate of drug-likeness (QED) is 0.602. The highest BCUT2D eigenvalue weighted by atomic mass is 31.0. The molecular formula is C19H24N3O3P. The molecule has 4 N–H and O–H groups in total. The monoisotopic (exact) mass is 373 g/mol. The maximum atomic E-state index is 12.1. The van der Waals surface area contributed by atoms with Crippen molar-refractivity contribution in [3.8, 4) is 0 Å². The van der Waals surface area contributed by atoms with E-state index in [4.69, 9.17) is 0 Å². The summed E-state index contributed by atoms with van der Waals surface area (Å²) in [4.78, 5) is 12.1. The third kappa shape index (κ3) is 2.40. The summed E-state index contributed by atoms with van der Waals surface area (Å²) in [6, 6.07) is 6.25. The molecule has 26 heavy (non-hydrogen) atoms. The molecule has 1 aromatic carbocycles. The zero-order chi connectivity index (χ0) is 18.8. The number of fused-ring (bicyclic) bond motifs is 1. The van der Waals surface area contributed by atoms with E-state index in [1.165, 1.54) is 15.8 Å². The van der Waals surface area contributed by atoms with Crippen molar-refractivity contribution in [2.75, 3.05) is 5.32 Å². The average Bonchev–Trinajstić information content (AvgIpc) is 3.04. The third-order valence-electron chi connectivity index (χ3n) is 5.77. The molecule has 1 aromatic heterocycles. The van der Waals surface area contributed by atoms with Gasteiger partial charge in [0.15, 0.2) is 0 Å². The summed E-state index contributed by atoms with van der Waals surface area (Å²) in [5.41, 5.74) is 4.55. The first-order valence-electron chi connectivity index (χ1n) is 8.71. The van der Waals surface area contributed by atoms with Crippen LogP contribution in [0.3, 0.4) is 0 Å². The molecule has 2 aliphatic rings. The van der Waals surface area contributed by atoms with E-state index in [1.54, 1.807) is 13.2 Å². The molecule has 7 heteroatoms. The maximum absolute atomic E-state index is 12.1. The van der Waals surface area contributed by atoms with Gasteiger partial charge in [0.25, 0.3) is 5.56 Å². The minimum Gasteiger partial charge on any atom is -0.392 e. The standard InChI is InChI=1S/C19H24N3O3P/c1-9-4-5-13-12(6-9)19(2,26)14(21-13)7-10-16(23)15(17(10)24)11-8-20-22(3)18(11)25/h4-8,10,15-17,20-21,23-24H,26H2,1-3H3. The number of nitrogens with one attached hydrogen (secondary N) is 2. The second-order valence-electron chi connectivity index (χ2n) is 7.63. The number of H-pyrrole nitrogens is 1. The zero-order valence-corrected chi connectivity index (χ0v) is 16.2. The van der Waals surface area contributed by atoms with Crippen molar-refractivity contribution in [3.63, 3.8) is 0 Å². The number of aliphatic hydroxyl groups excluding tert-OH is 2. The highest BCUT2D eigenvalue weighted by Crippen LogP contribution is 2.51. The molecule has 2 aromatic rings. The molecule has 0 amide bonds. The molecule has 6 nitrogen and oxygen atoms in total. The van der Waals surface area contributed by atoms with Gasteiger partial charge in [-0.05, 0) is 25.5 Å². The minimum absolute atomic E-state index is 0.211. The summed E-state index contributed by atoms with van der Waals surface area (Å²) in [5.74, 6) is -0.985. The lowest BCUT2D eigenvalue weighted by molar-refractivity contribution is -0.0949. The second kappa shape index (κ2) is 5.81. The first kappa shape index (κ1) is 17.5. The highest BCUT2D eigenvalue weighted by Gasteiger charge is 2.51. The Bertz CT molecular complexity index is 949. The van der Waals surface area contributed by atoms with Gasteiger partial charge in [0.1, 0.15) is 0 Å². The van der Waals surface area contributed by atoms with E-state index in [9.17, 15) is 15.0 Å². The molecule has 0 saturated heterocycles. The van der Waals surface area contributed by atoms with Gasteiger partial charge in [-0.1, -0.05) is 23.8 Å². The predicted molar refractivity (Wildman–Crippen MR) is 104 cm³/mol. The van der Waals surface area contributed by atoms with Crippen LogP contribution >= 0.6 is 9.24 Å². The van der Waals surface area contributed by atoms with Crippen LogP contribution in [-0.4, -0.2) is 32.2 Å². The van der Waals surface area contributed by atoms with Crippen LogP contribution in [0.25, 0.3) is 0 Å². The first-order valence-corrected chi connectivity index (χ1v) is 9.29. The molecule has 138 valence electrons. The Balaban J connectivity index is 1.62. The third-order valence-corrected chi connectivity index (χ3v) is 6.39. The molecule has 2 heterocycles. The van der Waals surface area contributed by atoms with Crippen LogP contribution in [0.5, 0.6) is 0 Å². The number of rotatable bonds is 2. The summed E-state index contributed by atoms with van der Waals surface area (Å²) in [5, 5.41) is 27.1. The fourth-order valence-corrected chi connectivity index (χ4v) is 4.45. The molecular weight excluding hydrogens is 349 g/mol. The summed E-state index contributed by atoms with van der Waals surface area (Å²) in [6.07, 6.45) is 1.88. The van der Waals surface area contributed by atoms with Crippen molar-refractivity contribution in [2.24, 2.45) is 13.0 Å². The zero-order valence-electron chi connectivity index (χ0n) is 15.0. The Morgan fingerprint density at radius 1 is 1.31 bits per heavy atom. The minimum atomic E-state index is -0.797. The number of anilines is 1. The normalized spacial score (nSPS) is 34.5. The molecule has 0 bridgehead atoms. The number of aromatic amines is 1. The Morgan fingerprint density at radius 3 is 2.62 bits per heavy atom. The van der Waals surface area contributed by atoms with Gasteiger partial charge < -0.3 is 20.6 Å². The Kier molecular flexibility index (Phi) is 3.92. The fraction of sp³-hybridized carbons (Fsp3) is 0.421. The van der Waals surface area contributed by atoms with Crippen molar-refractivity contribution < 1.29 is 10.2 Å². The molecule has 1 aliphatic carbocycles. The van der Waals surface area contributed by atoms with Gasteiger partial charge in [-0.15, -0.1) is 9.24 Å². The van der Waals surface area contributed by atoms with Gasteiger partial charge in [0.05, 0.1) is 12.2 Å². The fourth-order valence-electron chi connectivity index (χ4n) is 4.05. The summed E-state index contributed by atoms with van der Waals surface area (Å²) >= 11 is 0. The molecule has 1 saturated carbocycles. The number of aromatic nitrogens is 2. The van der Waals surface area contributed by atoms with Gasteiger partial charge >= 0.3 is 0 Å². The van der Waals surface area contributed by atoms with Gasteiger partial charge in [0, 0.05) is 47.2 Å². The molecule has 4 unspecified atom stereocenters. The summed E-state index contributed by atoms with van der Waals surface area (Å²) in [6.45, 7) is 4.16. The lowest BCUT2D eigenvalue weighted by Gasteiger charge is -2.45. The van der Waals surface area contributed by atoms with Crippen LogP contribution in [0, 0.1) is 12.8 Å². The van der Waals surface area contributed by atoms with Crippen molar-refractivity contribution >= 4 is 14.9 Å². The SMILES string of the molecule is Cc1ccc2c(c1)C(C)(P)C(=CC1C(O)C(c3c[nH]n(C)c3=O)C1O)N2. The number of hydrogen-bond donors (Lipinski definition) is 4. The molecule has 4 atom stereocenters. The largest absolute Gasteiger partial charge is 0.392 e. The number of aryl methyl sites for hydroxylation is 2. The number of allylic oxidation sites excluding steroid dienone is 1. The molecule has 0 spiro atoms. The number of aliphatic hydroxyl groups is 2. The number of nitrogens with zero attached hydrogens (tertiary/aromatic N) is 1. The average molecular weight is 373 g/mol. The topological polar surface area (TPSA) is 90.3 Å². The lowest BCUT2D eigenvalue weighted by Crippen LogP contribution is -2.54. The van der Waals surface area contributed by atoms with Gasteiger partial charge in [-0.3, -0.25) is 9.48 Å². The second-order valence-corrected chi connectivity index (χ2v) is 8.79. The van der Waals surface area contributed by atoms with E-state index < -0.39 is 24.0 Å². The van der Waals surface area contributed by atoms with Gasteiger partial charge in [-0.2, -0.15) is 0 Å². The van der Waals surface area contributed by atoms with E-state index in [0.717, 1.165) is 11.4 Å². The van der Waals surface area contributed by atoms with Crippen molar-refractivity contribution in [2.45, 2.75) is 37.1 Å². The molecule has 4 rings (SSSR count). The van der Waals surface area contributed by atoms with Crippen molar-refractivity contribution in [3.05, 3.63) is 63.2 Å². The van der Waals surface area contributed by atoms with Gasteiger partial charge in [0.2, 0.25) is 0 Å². The molecule has 1 aliphatic heterocycles. The van der Waals surface area contributed by atoms with E-state index in [2.05, 4.69) is 45.6 Å². The number of benzene rings is 1.